The van der Waals surface area contributed by atoms with E-state index in [0.717, 1.165) is 0 Å². The summed E-state index contributed by atoms with van der Waals surface area (Å²) >= 11 is 0. The quantitative estimate of drug-likeness (QED) is 0.718. The smallest absolute Gasteiger partial charge is 0.408 e. The van der Waals surface area contributed by atoms with Gasteiger partial charge in [-0.2, -0.15) is 0 Å². The number of ether oxygens (including phenoxy) is 2. The highest BCUT2D eigenvalue weighted by Gasteiger charge is 2.21. The minimum atomic E-state index is -0.816. The van der Waals surface area contributed by atoms with Gasteiger partial charge in [-0.3, -0.25) is 0 Å². The SMILES string of the molecule is C[C@H](O)COC(=O)[C@H](C)NC(=O)OC(C)(C)C. The second-order valence-electron chi connectivity index (χ2n) is 4.85. The molecule has 0 bridgehead atoms. The van der Waals surface area contributed by atoms with Crippen LogP contribution in [-0.2, 0) is 14.3 Å². The highest BCUT2D eigenvalue weighted by atomic mass is 16.6. The lowest BCUT2D eigenvalue weighted by Gasteiger charge is -2.21. The molecule has 0 fully saturated rings. The second-order valence-corrected chi connectivity index (χ2v) is 4.85. The maximum atomic E-state index is 11.3. The molecule has 0 spiro atoms. The topological polar surface area (TPSA) is 84.9 Å². The molecule has 0 heterocycles. The van der Waals surface area contributed by atoms with Crippen molar-refractivity contribution in [3.05, 3.63) is 0 Å². The number of aliphatic hydroxyl groups excluding tert-OH is 1. The molecule has 2 atom stereocenters. The fraction of sp³-hybridized carbons (Fsp3) is 0.818. The Morgan fingerprint density at radius 1 is 1.29 bits per heavy atom. The summed E-state index contributed by atoms with van der Waals surface area (Å²) in [6, 6.07) is -0.816. The Morgan fingerprint density at radius 3 is 2.24 bits per heavy atom. The van der Waals surface area contributed by atoms with E-state index in [1.807, 2.05) is 0 Å². The molecule has 100 valence electrons. The Bertz CT molecular complexity index is 270. The van der Waals surface area contributed by atoms with Crippen molar-refractivity contribution in [2.75, 3.05) is 6.61 Å². The first-order valence-electron chi connectivity index (χ1n) is 5.46. The van der Waals surface area contributed by atoms with Crippen molar-refractivity contribution in [2.45, 2.75) is 52.4 Å². The Kier molecular flexibility index (Phi) is 5.95. The third-order valence-corrected chi connectivity index (χ3v) is 1.55. The number of aliphatic hydroxyl groups is 1. The fourth-order valence-electron chi connectivity index (χ4n) is 0.871. The predicted molar refractivity (Wildman–Crippen MR) is 61.5 cm³/mol. The van der Waals surface area contributed by atoms with Gasteiger partial charge < -0.3 is 19.9 Å². The third-order valence-electron chi connectivity index (χ3n) is 1.55. The third kappa shape index (κ3) is 8.50. The summed E-state index contributed by atoms with van der Waals surface area (Å²) in [5, 5.41) is 11.3. The van der Waals surface area contributed by atoms with Crippen LogP contribution in [0.1, 0.15) is 34.6 Å². The molecule has 0 aromatic heterocycles. The molecule has 0 aliphatic heterocycles. The number of carbonyl (C=O) groups is 2. The first kappa shape index (κ1) is 15.7. The van der Waals surface area contributed by atoms with E-state index in [4.69, 9.17) is 14.6 Å². The van der Waals surface area contributed by atoms with Crippen molar-refractivity contribution in [1.29, 1.82) is 0 Å². The number of amides is 1. The van der Waals surface area contributed by atoms with Crippen LogP contribution in [0.15, 0.2) is 0 Å². The molecule has 17 heavy (non-hydrogen) atoms. The van der Waals surface area contributed by atoms with Gasteiger partial charge in [0, 0.05) is 0 Å². The highest BCUT2D eigenvalue weighted by molar-refractivity contribution is 5.81. The van der Waals surface area contributed by atoms with Crippen LogP contribution in [0.5, 0.6) is 0 Å². The van der Waals surface area contributed by atoms with Gasteiger partial charge in [-0.1, -0.05) is 0 Å². The maximum Gasteiger partial charge on any atom is 0.408 e. The normalized spacial score (nSPS) is 14.7. The molecule has 0 saturated carbocycles. The number of alkyl carbamates (subject to hydrolysis) is 1. The average Bonchev–Trinajstić information content (AvgIpc) is 2.10. The number of rotatable bonds is 4. The van der Waals surface area contributed by atoms with Gasteiger partial charge in [0.1, 0.15) is 18.2 Å². The standard InChI is InChI=1S/C11H21NO5/c1-7(13)6-16-9(14)8(2)12-10(15)17-11(3,4)5/h7-8,13H,6H2,1-5H3,(H,12,15)/t7-,8-/m0/s1. The van der Waals surface area contributed by atoms with E-state index in [1.165, 1.54) is 13.8 Å². The lowest BCUT2D eigenvalue weighted by atomic mass is 10.2. The molecule has 0 radical (unpaired) electrons. The second kappa shape index (κ2) is 6.44. The molecule has 0 aliphatic carbocycles. The summed E-state index contributed by atoms with van der Waals surface area (Å²) in [4.78, 5) is 22.7. The lowest BCUT2D eigenvalue weighted by molar-refractivity contribution is -0.148. The highest BCUT2D eigenvalue weighted by Crippen LogP contribution is 2.06. The van der Waals surface area contributed by atoms with Crippen LogP contribution in [0.2, 0.25) is 0 Å². The van der Waals surface area contributed by atoms with Crippen LogP contribution in [0, 0.1) is 0 Å². The first-order chi connectivity index (χ1) is 7.61. The monoisotopic (exact) mass is 247 g/mol. The number of hydrogen-bond donors (Lipinski definition) is 2. The molecule has 6 nitrogen and oxygen atoms in total. The van der Waals surface area contributed by atoms with E-state index in [-0.39, 0.29) is 6.61 Å². The van der Waals surface area contributed by atoms with Crippen LogP contribution in [0.3, 0.4) is 0 Å². The van der Waals surface area contributed by atoms with Crippen LogP contribution >= 0.6 is 0 Å². The summed E-state index contributed by atoms with van der Waals surface area (Å²) in [5.41, 5.74) is -0.618. The van der Waals surface area contributed by atoms with Gasteiger partial charge in [0.25, 0.3) is 0 Å². The zero-order valence-electron chi connectivity index (χ0n) is 10.9. The van der Waals surface area contributed by atoms with Crippen LogP contribution in [0.4, 0.5) is 4.79 Å². The minimum Gasteiger partial charge on any atom is -0.461 e. The average molecular weight is 247 g/mol. The minimum absolute atomic E-state index is 0.0980. The van der Waals surface area contributed by atoms with E-state index in [0.29, 0.717) is 0 Å². The summed E-state index contributed by atoms with van der Waals surface area (Å²) in [6.07, 6.45) is -1.41. The van der Waals surface area contributed by atoms with Gasteiger partial charge in [-0.25, -0.2) is 9.59 Å². The van der Waals surface area contributed by atoms with Gasteiger partial charge in [-0.15, -0.1) is 0 Å². The predicted octanol–water partition coefficient (Wildman–Crippen LogP) is 0.824. The van der Waals surface area contributed by atoms with E-state index in [1.54, 1.807) is 20.8 Å². The molecular formula is C11H21NO5. The van der Waals surface area contributed by atoms with Gasteiger partial charge >= 0.3 is 12.1 Å². The largest absolute Gasteiger partial charge is 0.461 e. The van der Waals surface area contributed by atoms with E-state index < -0.39 is 29.8 Å². The van der Waals surface area contributed by atoms with Gasteiger partial charge in [0.15, 0.2) is 0 Å². The van der Waals surface area contributed by atoms with Crippen molar-refractivity contribution in [2.24, 2.45) is 0 Å². The van der Waals surface area contributed by atoms with Crippen molar-refractivity contribution in [3.63, 3.8) is 0 Å². The molecule has 6 heteroatoms. The lowest BCUT2D eigenvalue weighted by Crippen LogP contribution is -2.42. The van der Waals surface area contributed by atoms with Crippen LogP contribution in [-0.4, -0.2) is 41.5 Å². The molecule has 0 rings (SSSR count). The van der Waals surface area contributed by atoms with E-state index >= 15 is 0 Å². The Labute approximate surface area is 101 Å². The summed E-state index contributed by atoms with van der Waals surface area (Å²) in [5.74, 6) is -0.614. The number of hydrogen-bond acceptors (Lipinski definition) is 5. The first-order valence-corrected chi connectivity index (χ1v) is 5.46. The number of carbonyl (C=O) groups excluding carboxylic acids is 2. The molecule has 0 unspecified atom stereocenters. The zero-order valence-corrected chi connectivity index (χ0v) is 10.9. The Hall–Kier alpha value is -1.30. The molecule has 0 aromatic rings. The van der Waals surface area contributed by atoms with Gasteiger partial charge in [-0.05, 0) is 34.6 Å². The van der Waals surface area contributed by atoms with Crippen molar-refractivity contribution in [1.82, 2.24) is 5.32 Å². The van der Waals surface area contributed by atoms with Crippen LogP contribution < -0.4 is 5.32 Å². The summed E-state index contributed by atoms with van der Waals surface area (Å²) in [7, 11) is 0. The molecule has 2 N–H and O–H groups in total. The zero-order chi connectivity index (χ0) is 13.6. The maximum absolute atomic E-state index is 11.3. The van der Waals surface area contributed by atoms with Crippen molar-refractivity contribution < 1.29 is 24.2 Å². The van der Waals surface area contributed by atoms with Crippen LogP contribution in [0.25, 0.3) is 0 Å². The Balaban J connectivity index is 4.03. The fourth-order valence-corrected chi connectivity index (χ4v) is 0.871. The van der Waals surface area contributed by atoms with Crippen molar-refractivity contribution >= 4 is 12.1 Å². The van der Waals surface area contributed by atoms with Crippen molar-refractivity contribution in [3.8, 4) is 0 Å². The van der Waals surface area contributed by atoms with E-state index in [9.17, 15) is 9.59 Å². The summed E-state index contributed by atoms with van der Waals surface area (Å²) < 4.78 is 9.71. The number of esters is 1. The molecule has 0 saturated heterocycles. The van der Waals surface area contributed by atoms with E-state index in [2.05, 4.69) is 5.32 Å². The van der Waals surface area contributed by atoms with Gasteiger partial charge in [0.2, 0.25) is 0 Å². The molecule has 0 aliphatic rings. The molecule has 0 aromatic carbocycles. The van der Waals surface area contributed by atoms with Gasteiger partial charge in [0.05, 0.1) is 6.10 Å². The Morgan fingerprint density at radius 2 is 1.82 bits per heavy atom. The number of nitrogens with one attached hydrogen (secondary N) is 1. The summed E-state index contributed by atoms with van der Waals surface area (Å²) in [6.45, 7) is 8.06. The molecule has 1 amide bonds. The molecular weight excluding hydrogens is 226 g/mol.